The number of carbonyl (C=O) groups is 1. The normalized spacial score (nSPS) is 23.4. The molecule has 0 N–H and O–H groups in total. The fraction of sp³-hybridized carbons (Fsp3) is 0.476. The number of hydrogen-bond acceptors (Lipinski definition) is 5. The van der Waals surface area contributed by atoms with Gasteiger partial charge in [0.15, 0.2) is 0 Å². The molecule has 29 heavy (non-hydrogen) atoms. The van der Waals surface area contributed by atoms with Crippen LogP contribution in [0, 0.1) is 31.5 Å². The number of anilines is 1. The largest absolute Gasteiger partial charge is 0.497 e. The summed E-state index contributed by atoms with van der Waals surface area (Å²) in [5, 5.41) is 0. The molecule has 0 radical (unpaired) electrons. The molecule has 0 saturated carbocycles. The summed E-state index contributed by atoms with van der Waals surface area (Å²) in [5.74, 6) is 0.973. The average Bonchev–Trinajstić information content (AvgIpc) is 3.24. The van der Waals surface area contributed by atoms with Crippen LogP contribution < -0.4 is 9.64 Å². The molecule has 0 aliphatic carbocycles. The molecule has 2 saturated heterocycles. The van der Waals surface area contributed by atoms with Crippen molar-refractivity contribution >= 4 is 27.8 Å². The number of benzene rings is 1. The Kier molecular flexibility index (Phi) is 5.23. The van der Waals surface area contributed by atoms with Crippen LogP contribution in [0.4, 0.5) is 10.3 Å². The van der Waals surface area contributed by atoms with E-state index in [1.165, 1.54) is 19.2 Å². The predicted molar refractivity (Wildman–Crippen MR) is 112 cm³/mol. The van der Waals surface area contributed by atoms with Crippen LogP contribution in [0.2, 0.25) is 0 Å². The smallest absolute Gasteiger partial charge is 0.257 e. The maximum atomic E-state index is 14.4. The molecular formula is C21H24BrFN4O2. The Balaban J connectivity index is 1.50. The summed E-state index contributed by atoms with van der Waals surface area (Å²) in [4.78, 5) is 26.2. The maximum absolute atomic E-state index is 14.4. The highest BCUT2D eigenvalue weighted by molar-refractivity contribution is 9.10. The van der Waals surface area contributed by atoms with Crippen LogP contribution >= 0.6 is 15.9 Å². The number of aromatic nitrogens is 2. The minimum absolute atomic E-state index is 0.0247. The fourth-order valence-electron chi connectivity index (χ4n) is 4.49. The molecule has 6 nitrogen and oxygen atoms in total. The van der Waals surface area contributed by atoms with Crippen molar-refractivity contribution in [2.45, 2.75) is 26.8 Å². The lowest BCUT2D eigenvalue weighted by Gasteiger charge is -2.27. The zero-order valence-corrected chi connectivity index (χ0v) is 18.5. The summed E-state index contributed by atoms with van der Waals surface area (Å²) in [5.41, 5.74) is 1.94. The van der Waals surface area contributed by atoms with Crippen molar-refractivity contribution in [2.75, 3.05) is 31.6 Å². The van der Waals surface area contributed by atoms with Crippen LogP contribution in [0.25, 0.3) is 0 Å². The lowest BCUT2D eigenvalue weighted by atomic mass is 9.95. The molecule has 4 rings (SSSR count). The molecule has 2 aliphatic rings. The Morgan fingerprint density at radius 1 is 1.21 bits per heavy atom. The monoisotopic (exact) mass is 462 g/mol. The van der Waals surface area contributed by atoms with E-state index in [2.05, 4.69) is 30.8 Å². The third-order valence-corrected chi connectivity index (χ3v) is 7.30. The molecule has 8 heteroatoms. The van der Waals surface area contributed by atoms with Crippen molar-refractivity contribution in [1.82, 2.24) is 14.9 Å². The van der Waals surface area contributed by atoms with E-state index in [1.807, 2.05) is 20.8 Å². The maximum Gasteiger partial charge on any atom is 0.257 e. The van der Waals surface area contributed by atoms with Gasteiger partial charge in [0.1, 0.15) is 11.6 Å². The molecule has 154 valence electrons. The number of amides is 1. The number of fused-ring (bicyclic) bond motifs is 1. The Labute approximate surface area is 178 Å². The van der Waals surface area contributed by atoms with E-state index in [-0.39, 0.29) is 17.5 Å². The number of rotatable bonds is 3. The Morgan fingerprint density at radius 2 is 1.90 bits per heavy atom. The molecule has 2 aliphatic heterocycles. The molecular weight excluding hydrogens is 439 g/mol. The summed E-state index contributed by atoms with van der Waals surface area (Å²) >= 11 is 3.51. The minimum Gasteiger partial charge on any atom is -0.497 e. The Morgan fingerprint density at radius 3 is 2.48 bits per heavy atom. The standard InChI is InChI=1S/C21H24BrFN4O2/c1-11-19(22)12(2)25-21(24-11)26-8-14-9-27(13(3)17(14)10-26)20(28)16-6-5-15(29-4)7-18(16)23/h5-7,13-14,17H,8-10H2,1-4H3/t13-,14+,17-/m0/s1. The number of halogens is 2. The van der Waals surface area contributed by atoms with Crippen LogP contribution in [-0.2, 0) is 0 Å². The summed E-state index contributed by atoms with van der Waals surface area (Å²) in [6.07, 6.45) is 0. The first-order valence-electron chi connectivity index (χ1n) is 9.70. The van der Waals surface area contributed by atoms with E-state index < -0.39 is 5.82 Å². The molecule has 0 unspecified atom stereocenters. The molecule has 3 atom stereocenters. The van der Waals surface area contributed by atoms with E-state index in [4.69, 9.17) is 4.74 Å². The Hall–Kier alpha value is -2.22. The van der Waals surface area contributed by atoms with E-state index in [9.17, 15) is 9.18 Å². The topological polar surface area (TPSA) is 58.6 Å². The van der Waals surface area contributed by atoms with Gasteiger partial charge in [0.25, 0.3) is 5.91 Å². The number of aryl methyl sites for hydroxylation is 2. The number of likely N-dealkylation sites (tertiary alicyclic amines) is 1. The number of nitrogens with zero attached hydrogens (tertiary/aromatic N) is 4. The van der Waals surface area contributed by atoms with Gasteiger partial charge in [-0.15, -0.1) is 0 Å². The molecule has 0 spiro atoms. The zero-order chi connectivity index (χ0) is 20.9. The van der Waals surface area contributed by atoms with Gasteiger partial charge in [-0.05, 0) is 48.8 Å². The lowest BCUT2D eigenvalue weighted by Crippen LogP contribution is -2.39. The highest BCUT2D eigenvalue weighted by atomic mass is 79.9. The molecule has 2 fully saturated rings. The van der Waals surface area contributed by atoms with E-state index >= 15 is 0 Å². The first-order chi connectivity index (χ1) is 13.8. The second-order valence-electron chi connectivity index (χ2n) is 7.88. The van der Waals surface area contributed by atoms with Gasteiger partial charge in [-0.25, -0.2) is 14.4 Å². The summed E-state index contributed by atoms with van der Waals surface area (Å²) in [6.45, 7) is 8.18. The predicted octanol–water partition coefficient (Wildman–Crippen LogP) is 3.60. The Bertz CT molecular complexity index is 947. The number of methoxy groups -OCH3 is 1. The van der Waals surface area contributed by atoms with Gasteiger partial charge in [0.05, 0.1) is 28.5 Å². The summed E-state index contributed by atoms with van der Waals surface area (Å²) < 4.78 is 20.4. The van der Waals surface area contributed by atoms with Crippen LogP contribution in [0.1, 0.15) is 28.7 Å². The zero-order valence-electron chi connectivity index (χ0n) is 16.9. The van der Waals surface area contributed by atoms with E-state index in [0.29, 0.717) is 24.1 Å². The SMILES string of the molecule is COc1ccc(C(=O)N2C[C@H]3CN(c4nc(C)c(Br)c(C)n4)C[C@H]3[C@@H]2C)c(F)c1. The van der Waals surface area contributed by atoms with Gasteiger partial charge < -0.3 is 14.5 Å². The first-order valence-corrected chi connectivity index (χ1v) is 10.5. The van der Waals surface area contributed by atoms with Gasteiger partial charge in [-0.3, -0.25) is 4.79 Å². The third kappa shape index (κ3) is 3.47. The van der Waals surface area contributed by atoms with Crippen molar-refractivity contribution in [3.8, 4) is 5.75 Å². The van der Waals surface area contributed by atoms with Crippen LogP contribution in [0.3, 0.4) is 0 Å². The van der Waals surface area contributed by atoms with Crippen LogP contribution in [0.5, 0.6) is 5.75 Å². The second kappa shape index (κ2) is 7.55. The quantitative estimate of drug-likeness (QED) is 0.697. The number of carbonyl (C=O) groups excluding carboxylic acids is 1. The van der Waals surface area contributed by atoms with Crippen LogP contribution in [-0.4, -0.2) is 53.6 Å². The van der Waals surface area contributed by atoms with Gasteiger partial charge >= 0.3 is 0 Å². The van der Waals surface area contributed by atoms with Crippen molar-refractivity contribution in [1.29, 1.82) is 0 Å². The molecule has 1 aromatic carbocycles. The molecule has 2 aromatic rings. The highest BCUT2D eigenvalue weighted by Gasteiger charge is 2.47. The van der Waals surface area contributed by atoms with Crippen molar-refractivity contribution in [3.05, 3.63) is 45.4 Å². The summed E-state index contributed by atoms with van der Waals surface area (Å²) in [7, 11) is 1.48. The molecule has 1 aromatic heterocycles. The van der Waals surface area contributed by atoms with E-state index in [0.717, 1.165) is 34.9 Å². The van der Waals surface area contributed by atoms with Crippen LogP contribution in [0.15, 0.2) is 22.7 Å². The highest BCUT2D eigenvalue weighted by Crippen LogP contribution is 2.38. The fourth-order valence-corrected chi connectivity index (χ4v) is 4.67. The number of ether oxygens (including phenoxy) is 1. The molecule has 0 bridgehead atoms. The van der Waals surface area contributed by atoms with E-state index in [1.54, 1.807) is 11.0 Å². The van der Waals surface area contributed by atoms with Crippen molar-refractivity contribution < 1.29 is 13.9 Å². The summed E-state index contributed by atoms with van der Waals surface area (Å²) in [6, 6.07) is 4.41. The third-order valence-electron chi connectivity index (χ3n) is 6.16. The molecule has 3 heterocycles. The number of hydrogen-bond donors (Lipinski definition) is 0. The van der Waals surface area contributed by atoms with Gasteiger partial charge in [0, 0.05) is 43.6 Å². The average molecular weight is 463 g/mol. The van der Waals surface area contributed by atoms with Crippen molar-refractivity contribution in [2.24, 2.45) is 11.8 Å². The molecule has 1 amide bonds. The second-order valence-corrected chi connectivity index (χ2v) is 8.67. The first kappa shape index (κ1) is 20.1. The lowest BCUT2D eigenvalue weighted by molar-refractivity contribution is 0.0725. The van der Waals surface area contributed by atoms with Gasteiger partial charge in [0.2, 0.25) is 5.95 Å². The van der Waals surface area contributed by atoms with Gasteiger partial charge in [-0.1, -0.05) is 0 Å². The van der Waals surface area contributed by atoms with Gasteiger partial charge in [-0.2, -0.15) is 0 Å². The minimum atomic E-state index is -0.547. The van der Waals surface area contributed by atoms with Crippen molar-refractivity contribution in [3.63, 3.8) is 0 Å².